The maximum Gasteiger partial charge on any atom is 0.342 e. The Morgan fingerprint density at radius 1 is 1.35 bits per heavy atom. The fraction of sp³-hybridized carbons (Fsp3) is 0.429. The Balaban J connectivity index is 2.83. The van der Waals surface area contributed by atoms with Gasteiger partial charge in [-0.2, -0.15) is 0 Å². The van der Waals surface area contributed by atoms with Crippen LogP contribution in [0.5, 0.6) is 0 Å². The molecule has 1 amide bonds. The Labute approximate surface area is 123 Å². The van der Waals surface area contributed by atoms with Gasteiger partial charge in [-0.15, -0.1) is 0 Å². The lowest BCUT2D eigenvalue weighted by molar-refractivity contribution is -0.139. The molecule has 0 bridgehead atoms. The van der Waals surface area contributed by atoms with Crippen LogP contribution in [0.2, 0.25) is 5.02 Å². The fourth-order valence-electron chi connectivity index (χ4n) is 1.82. The number of anilines is 1. The van der Waals surface area contributed by atoms with Crippen molar-refractivity contribution in [2.24, 2.45) is 0 Å². The van der Waals surface area contributed by atoms with Crippen LogP contribution in [0.1, 0.15) is 31.1 Å². The normalized spacial score (nSPS) is 11.8. The standard InChI is InChI=1S/C14H19ClN2O3/c1-4-17(5-2)13(18)9(3)20-14(19)12-10(15)7-6-8-11(12)16/h6-9H,4-5,16H2,1-3H3. The highest BCUT2D eigenvalue weighted by atomic mass is 35.5. The van der Waals surface area contributed by atoms with E-state index in [4.69, 9.17) is 22.1 Å². The van der Waals surface area contributed by atoms with E-state index < -0.39 is 12.1 Å². The molecule has 0 radical (unpaired) electrons. The van der Waals surface area contributed by atoms with Gasteiger partial charge in [0.2, 0.25) is 0 Å². The van der Waals surface area contributed by atoms with Gasteiger partial charge in [-0.3, -0.25) is 4.79 Å². The van der Waals surface area contributed by atoms with Gasteiger partial charge in [0, 0.05) is 18.8 Å². The molecule has 0 aliphatic rings. The average Bonchev–Trinajstić information content (AvgIpc) is 2.39. The zero-order chi connectivity index (χ0) is 15.3. The first kappa shape index (κ1) is 16.3. The molecule has 0 aliphatic carbocycles. The quantitative estimate of drug-likeness (QED) is 0.669. The number of ether oxygens (including phenoxy) is 1. The molecule has 5 nitrogen and oxygen atoms in total. The van der Waals surface area contributed by atoms with E-state index in [0.717, 1.165) is 0 Å². The van der Waals surface area contributed by atoms with Crippen molar-refractivity contribution < 1.29 is 14.3 Å². The Morgan fingerprint density at radius 3 is 2.45 bits per heavy atom. The van der Waals surface area contributed by atoms with Gasteiger partial charge in [0.05, 0.1) is 5.02 Å². The Hall–Kier alpha value is -1.75. The topological polar surface area (TPSA) is 72.6 Å². The third kappa shape index (κ3) is 3.63. The van der Waals surface area contributed by atoms with Crippen LogP contribution in [0.4, 0.5) is 5.69 Å². The van der Waals surface area contributed by atoms with Crippen molar-refractivity contribution in [2.75, 3.05) is 18.8 Å². The lowest BCUT2D eigenvalue weighted by Gasteiger charge is -2.23. The molecule has 0 fully saturated rings. The molecule has 0 saturated heterocycles. The third-order valence-corrected chi connectivity index (χ3v) is 3.27. The molecular weight excluding hydrogens is 280 g/mol. The van der Waals surface area contributed by atoms with Crippen LogP contribution < -0.4 is 5.73 Å². The molecule has 0 saturated carbocycles. The molecule has 20 heavy (non-hydrogen) atoms. The maximum atomic E-state index is 12.0. The van der Waals surface area contributed by atoms with E-state index in [-0.39, 0.29) is 22.2 Å². The molecular formula is C14H19ClN2O3. The summed E-state index contributed by atoms with van der Waals surface area (Å²) in [5.74, 6) is -0.935. The number of esters is 1. The minimum Gasteiger partial charge on any atom is -0.449 e. The van der Waals surface area contributed by atoms with Crippen molar-refractivity contribution in [3.8, 4) is 0 Å². The number of hydrogen-bond acceptors (Lipinski definition) is 4. The number of nitrogens with zero attached hydrogens (tertiary/aromatic N) is 1. The monoisotopic (exact) mass is 298 g/mol. The van der Waals surface area contributed by atoms with E-state index in [1.807, 2.05) is 13.8 Å². The van der Waals surface area contributed by atoms with Crippen LogP contribution in [-0.2, 0) is 9.53 Å². The van der Waals surface area contributed by atoms with Crippen molar-refractivity contribution in [3.63, 3.8) is 0 Å². The van der Waals surface area contributed by atoms with Crippen molar-refractivity contribution in [1.82, 2.24) is 4.90 Å². The van der Waals surface area contributed by atoms with Crippen LogP contribution in [-0.4, -0.2) is 36.0 Å². The Kier molecular flexibility index (Phi) is 5.82. The largest absolute Gasteiger partial charge is 0.449 e. The van der Waals surface area contributed by atoms with E-state index >= 15 is 0 Å². The molecule has 1 atom stereocenters. The fourth-order valence-corrected chi connectivity index (χ4v) is 2.08. The summed E-state index contributed by atoms with van der Waals surface area (Å²) in [4.78, 5) is 25.7. The van der Waals surface area contributed by atoms with Gasteiger partial charge in [0.1, 0.15) is 5.56 Å². The predicted molar refractivity (Wildman–Crippen MR) is 78.7 cm³/mol. The molecule has 6 heteroatoms. The smallest absolute Gasteiger partial charge is 0.342 e. The highest BCUT2D eigenvalue weighted by molar-refractivity contribution is 6.34. The average molecular weight is 299 g/mol. The number of halogens is 1. The minimum absolute atomic E-state index is 0.0911. The molecule has 0 aliphatic heterocycles. The maximum absolute atomic E-state index is 12.0. The summed E-state index contributed by atoms with van der Waals surface area (Å²) < 4.78 is 5.15. The number of rotatable bonds is 5. The molecule has 0 aromatic heterocycles. The van der Waals surface area contributed by atoms with Crippen molar-refractivity contribution in [3.05, 3.63) is 28.8 Å². The van der Waals surface area contributed by atoms with Gasteiger partial charge in [0.25, 0.3) is 5.91 Å². The summed E-state index contributed by atoms with van der Waals surface area (Å²) in [5.41, 5.74) is 6.02. The van der Waals surface area contributed by atoms with E-state index in [0.29, 0.717) is 13.1 Å². The first-order valence-electron chi connectivity index (χ1n) is 6.46. The lowest BCUT2D eigenvalue weighted by atomic mass is 10.2. The SMILES string of the molecule is CCN(CC)C(=O)C(C)OC(=O)c1c(N)cccc1Cl. The number of carbonyl (C=O) groups excluding carboxylic acids is 2. The first-order valence-corrected chi connectivity index (χ1v) is 6.83. The highest BCUT2D eigenvalue weighted by Gasteiger charge is 2.24. The highest BCUT2D eigenvalue weighted by Crippen LogP contribution is 2.23. The van der Waals surface area contributed by atoms with Gasteiger partial charge in [-0.05, 0) is 32.9 Å². The minimum atomic E-state index is -0.877. The van der Waals surface area contributed by atoms with E-state index in [1.54, 1.807) is 23.1 Å². The van der Waals surface area contributed by atoms with Crippen LogP contribution >= 0.6 is 11.6 Å². The Morgan fingerprint density at radius 2 is 1.95 bits per heavy atom. The van der Waals surface area contributed by atoms with Crippen LogP contribution in [0.15, 0.2) is 18.2 Å². The van der Waals surface area contributed by atoms with E-state index in [1.165, 1.54) is 6.92 Å². The molecule has 1 rings (SSSR count). The second-order valence-electron chi connectivity index (χ2n) is 4.26. The van der Waals surface area contributed by atoms with Crippen molar-refractivity contribution in [2.45, 2.75) is 26.9 Å². The summed E-state index contributed by atoms with van der Waals surface area (Å²) in [6.07, 6.45) is -0.877. The van der Waals surface area contributed by atoms with Gasteiger partial charge < -0.3 is 15.4 Å². The summed E-state index contributed by atoms with van der Waals surface area (Å²) in [6.45, 7) is 6.38. The Bertz CT molecular complexity index is 481. The summed E-state index contributed by atoms with van der Waals surface area (Å²) in [5, 5.41) is 0.206. The van der Waals surface area contributed by atoms with Crippen LogP contribution in [0, 0.1) is 0 Å². The number of carbonyl (C=O) groups is 2. The summed E-state index contributed by atoms with van der Waals surface area (Å²) in [6, 6.07) is 4.74. The molecule has 0 heterocycles. The third-order valence-electron chi connectivity index (χ3n) is 2.96. The molecule has 1 aromatic carbocycles. The molecule has 1 aromatic rings. The molecule has 2 N–H and O–H groups in total. The number of amides is 1. The van der Waals surface area contributed by atoms with E-state index in [2.05, 4.69) is 0 Å². The zero-order valence-corrected chi connectivity index (χ0v) is 12.6. The van der Waals surface area contributed by atoms with Crippen molar-refractivity contribution in [1.29, 1.82) is 0 Å². The van der Waals surface area contributed by atoms with Crippen molar-refractivity contribution >= 4 is 29.2 Å². The second kappa shape index (κ2) is 7.14. The van der Waals surface area contributed by atoms with Gasteiger partial charge in [0.15, 0.2) is 6.10 Å². The van der Waals surface area contributed by atoms with Gasteiger partial charge >= 0.3 is 5.97 Å². The first-order chi connectivity index (χ1) is 9.42. The second-order valence-corrected chi connectivity index (χ2v) is 4.67. The summed E-state index contributed by atoms with van der Waals surface area (Å²) in [7, 11) is 0. The number of benzene rings is 1. The molecule has 110 valence electrons. The van der Waals surface area contributed by atoms with E-state index in [9.17, 15) is 9.59 Å². The predicted octanol–water partition coefficient (Wildman–Crippen LogP) is 2.34. The van der Waals surface area contributed by atoms with Gasteiger partial charge in [-0.25, -0.2) is 4.79 Å². The zero-order valence-electron chi connectivity index (χ0n) is 11.9. The van der Waals surface area contributed by atoms with Crippen LogP contribution in [0.3, 0.4) is 0 Å². The molecule has 1 unspecified atom stereocenters. The van der Waals surface area contributed by atoms with Gasteiger partial charge in [-0.1, -0.05) is 17.7 Å². The summed E-state index contributed by atoms with van der Waals surface area (Å²) >= 11 is 5.93. The number of nitrogen functional groups attached to an aromatic ring is 1. The number of nitrogens with two attached hydrogens (primary N) is 1. The number of hydrogen-bond donors (Lipinski definition) is 1. The number of likely N-dealkylation sites (N-methyl/N-ethyl adjacent to an activating group) is 1. The lowest BCUT2D eigenvalue weighted by Crippen LogP contribution is -2.39. The van der Waals surface area contributed by atoms with Crippen LogP contribution in [0.25, 0.3) is 0 Å². The molecule has 0 spiro atoms.